The van der Waals surface area contributed by atoms with E-state index in [2.05, 4.69) is 25.0 Å². The molecule has 44 heavy (non-hydrogen) atoms. The van der Waals surface area contributed by atoms with Gasteiger partial charge in [-0.2, -0.15) is 9.78 Å². The van der Waals surface area contributed by atoms with Crippen molar-refractivity contribution in [3.05, 3.63) is 116 Å². The van der Waals surface area contributed by atoms with Crippen LogP contribution in [0.5, 0.6) is 17.2 Å². The molecule has 0 saturated heterocycles. The summed E-state index contributed by atoms with van der Waals surface area (Å²) in [6.45, 7) is 10.9. The first kappa shape index (κ1) is 30.8. The highest BCUT2D eigenvalue weighted by Crippen LogP contribution is 2.37. The van der Waals surface area contributed by atoms with Crippen molar-refractivity contribution < 1.29 is 14.2 Å². The van der Waals surface area contributed by atoms with E-state index in [-0.39, 0.29) is 11.5 Å². The van der Waals surface area contributed by atoms with Crippen LogP contribution in [0, 0.1) is 13.8 Å². The third kappa shape index (κ3) is 6.48. The van der Waals surface area contributed by atoms with E-state index in [1.807, 2.05) is 69.3 Å². The van der Waals surface area contributed by atoms with E-state index < -0.39 is 0 Å². The maximum Gasteiger partial charge on any atom is 0.282 e. The zero-order valence-electron chi connectivity index (χ0n) is 25.8. The van der Waals surface area contributed by atoms with E-state index in [9.17, 15) is 4.79 Å². The Hall–Kier alpha value is -4.62. The van der Waals surface area contributed by atoms with Crippen LogP contribution in [0.3, 0.4) is 0 Å². The molecule has 0 radical (unpaired) electrons. The van der Waals surface area contributed by atoms with Gasteiger partial charge in [-0.25, -0.2) is 4.98 Å². The molecular weight excluding hydrogens is 574 g/mol. The lowest BCUT2D eigenvalue weighted by Crippen LogP contribution is -2.20. The van der Waals surface area contributed by atoms with Gasteiger partial charge in [-0.3, -0.25) is 4.79 Å². The summed E-state index contributed by atoms with van der Waals surface area (Å²) < 4.78 is 19.0. The molecule has 4 aromatic carbocycles. The summed E-state index contributed by atoms with van der Waals surface area (Å²) in [6.07, 6.45) is 1.59. The predicted molar refractivity (Wildman–Crippen MR) is 178 cm³/mol. The summed E-state index contributed by atoms with van der Waals surface area (Å²) >= 11 is 6.72. The smallest absolute Gasteiger partial charge is 0.282 e. The van der Waals surface area contributed by atoms with E-state index in [1.165, 1.54) is 4.68 Å². The number of benzene rings is 4. The highest BCUT2D eigenvalue weighted by Gasteiger charge is 2.19. The topological polar surface area (TPSA) is 74.9 Å². The first-order valence-corrected chi connectivity index (χ1v) is 15.0. The molecule has 226 valence electrons. The third-order valence-corrected chi connectivity index (χ3v) is 7.59. The van der Waals surface area contributed by atoms with Crippen molar-refractivity contribution in [3.8, 4) is 28.6 Å². The molecule has 1 aromatic heterocycles. The van der Waals surface area contributed by atoms with Gasteiger partial charge in [0, 0.05) is 5.56 Å². The SMILES string of the molecule is CCOc1cc(C=Nn2c(-c3cc(C(C)C)c(OC)cc3C)nc3ccccc3c2=O)cc(Cl)c1OCc1cccc(C)c1. The van der Waals surface area contributed by atoms with Crippen LogP contribution in [-0.4, -0.2) is 29.6 Å². The van der Waals surface area contributed by atoms with Crippen LogP contribution in [0.25, 0.3) is 22.3 Å². The molecule has 0 aliphatic rings. The van der Waals surface area contributed by atoms with E-state index in [0.717, 1.165) is 33.6 Å². The Morgan fingerprint density at radius 3 is 2.50 bits per heavy atom. The van der Waals surface area contributed by atoms with Crippen LogP contribution in [0.2, 0.25) is 5.02 Å². The number of ether oxygens (including phenoxy) is 3. The number of nitrogens with zero attached hydrogens (tertiary/aromatic N) is 3. The minimum Gasteiger partial charge on any atom is -0.496 e. The number of para-hydroxylation sites is 1. The first-order chi connectivity index (χ1) is 21.2. The molecule has 0 amide bonds. The molecule has 0 spiro atoms. The molecule has 0 N–H and O–H groups in total. The van der Waals surface area contributed by atoms with Crippen molar-refractivity contribution in [1.29, 1.82) is 0 Å². The lowest BCUT2D eigenvalue weighted by molar-refractivity contribution is 0.269. The molecule has 0 unspecified atom stereocenters. The molecule has 0 fully saturated rings. The molecule has 8 heteroatoms. The molecule has 0 aliphatic carbocycles. The standard InChI is InChI=1S/C36H36ClN3O4/c1-7-43-33-18-26(17-30(37)34(33)44-21-25-12-10-11-23(4)15-25)20-38-40-35(39-31-14-9-8-13-27(31)36(40)41)29-19-28(22(2)3)32(42-6)16-24(29)5/h8-20,22H,7,21H2,1-6H3. The number of hydrogen-bond donors (Lipinski definition) is 0. The fraction of sp³-hybridized carbons (Fsp3) is 0.250. The second-order valence-corrected chi connectivity index (χ2v) is 11.3. The highest BCUT2D eigenvalue weighted by molar-refractivity contribution is 6.32. The van der Waals surface area contributed by atoms with Gasteiger partial charge in [-0.1, -0.05) is 67.4 Å². The average Bonchev–Trinajstić information content (AvgIpc) is 3.00. The van der Waals surface area contributed by atoms with Gasteiger partial charge in [-0.05, 0) is 85.3 Å². The maximum absolute atomic E-state index is 13.8. The molecular formula is C36H36ClN3O4. The normalized spacial score (nSPS) is 11.5. The summed E-state index contributed by atoms with van der Waals surface area (Å²) in [5.74, 6) is 2.36. The monoisotopic (exact) mass is 609 g/mol. The summed E-state index contributed by atoms with van der Waals surface area (Å²) in [6, 6.07) is 22.9. The van der Waals surface area contributed by atoms with Gasteiger partial charge in [0.1, 0.15) is 12.4 Å². The Balaban J connectivity index is 1.60. The second kappa shape index (κ2) is 13.3. The van der Waals surface area contributed by atoms with Crippen LogP contribution in [0.1, 0.15) is 54.5 Å². The molecule has 5 rings (SSSR count). The minimum atomic E-state index is -0.280. The first-order valence-electron chi connectivity index (χ1n) is 14.6. The summed E-state index contributed by atoms with van der Waals surface area (Å²) in [4.78, 5) is 18.8. The molecule has 7 nitrogen and oxygen atoms in total. The van der Waals surface area contributed by atoms with Gasteiger partial charge >= 0.3 is 0 Å². The van der Waals surface area contributed by atoms with Crippen molar-refractivity contribution in [2.75, 3.05) is 13.7 Å². The summed E-state index contributed by atoms with van der Waals surface area (Å²) in [5.41, 5.74) is 5.85. The van der Waals surface area contributed by atoms with Gasteiger partial charge in [0.2, 0.25) is 0 Å². The molecule has 5 aromatic rings. The number of halogens is 1. The number of fused-ring (bicyclic) bond motifs is 1. The Morgan fingerprint density at radius 1 is 0.977 bits per heavy atom. The Kier molecular flexibility index (Phi) is 9.35. The molecule has 0 bridgehead atoms. The third-order valence-electron chi connectivity index (χ3n) is 7.31. The van der Waals surface area contributed by atoms with Gasteiger partial charge in [0.25, 0.3) is 5.56 Å². The van der Waals surface area contributed by atoms with Gasteiger partial charge in [-0.15, -0.1) is 0 Å². The van der Waals surface area contributed by atoms with Crippen molar-refractivity contribution >= 4 is 28.7 Å². The molecule has 0 aliphatic heterocycles. The summed E-state index contributed by atoms with van der Waals surface area (Å²) in [7, 11) is 1.66. The number of aryl methyl sites for hydroxylation is 2. The van der Waals surface area contributed by atoms with Crippen LogP contribution in [0.15, 0.2) is 82.7 Å². The number of methoxy groups -OCH3 is 1. The highest BCUT2D eigenvalue weighted by atomic mass is 35.5. The van der Waals surface area contributed by atoms with Gasteiger partial charge in [0.15, 0.2) is 17.3 Å². The van der Waals surface area contributed by atoms with E-state index in [1.54, 1.807) is 31.5 Å². The average molecular weight is 610 g/mol. The zero-order chi connectivity index (χ0) is 31.4. The van der Waals surface area contributed by atoms with Crippen molar-refractivity contribution in [1.82, 2.24) is 9.66 Å². The predicted octanol–water partition coefficient (Wildman–Crippen LogP) is 8.33. The summed E-state index contributed by atoms with van der Waals surface area (Å²) in [5, 5.41) is 5.51. The van der Waals surface area contributed by atoms with Crippen molar-refractivity contribution in [3.63, 3.8) is 0 Å². The lowest BCUT2D eigenvalue weighted by atomic mass is 9.96. The van der Waals surface area contributed by atoms with Crippen LogP contribution < -0.4 is 19.8 Å². The van der Waals surface area contributed by atoms with Crippen LogP contribution in [0.4, 0.5) is 0 Å². The molecule has 0 saturated carbocycles. The second-order valence-electron chi connectivity index (χ2n) is 10.9. The number of aromatic nitrogens is 2. The van der Waals surface area contributed by atoms with E-state index in [4.69, 9.17) is 30.8 Å². The van der Waals surface area contributed by atoms with E-state index in [0.29, 0.717) is 52.0 Å². The van der Waals surface area contributed by atoms with Crippen molar-refractivity contribution in [2.24, 2.45) is 5.10 Å². The zero-order valence-corrected chi connectivity index (χ0v) is 26.6. The largest absolute Gasteiger partial charge is 0.496 e. The van der Waals surface area contributed by atoms with Gasteiger partial charge in [0.05, 0.1) is 35.9 Å². The van der Waals surface area contributed by atoms with Crippen molar-refractivity contribution in [2.45, 2.75) is 47.1 Å². The number of rotatable bonds is 10. The fourth-order valence-electron chi connectivity index (χ4n) is 5.12. The Bertz CT molecular complexity index is 1910. The van der Waals surface area contributed by atoms with Gasteiger partial charge < -0.3 is 14.2 Å². The van der Waals surface area contributed by atoms with Crippen LogP contribution >= 0.6 is 11.6 Å². The van der Waals surface area contributed by atoms with Crippen LogP contribution in [-0.2, 0) is 6.61 Å². The molecule has 0 atom stereocenters. The Labute approximate surface area is 262 Å². The molecule has 1 heterocycles. The Morgan fingerprint density at radius 2 is 1.77 bits per heavy atom. The fourth-order valence-corrected chi connectivity index (χ4v) is 5.39. The van der Waals surface area contributed by atoms with E-state index >= 15 is 0 Å². The number of hydrogen-bond acceptors (Lipinski definition) is 6. The quantitative estimate of drug-likeness (QED) is 0.149. The lowest BCUT2D eigenvalue weighted by Gasteiger charge is -2.17. The minimum absolute atomic E-state index is 0.194. The maximum atomic E-state index is 13.8.